The molecular weight excluding hydrogens is 284 g/mol. The Balaban J connectivity index is 1.71. The van der Waals surface area contributed by atoms with Crippen molar-refractivity contribution in [2.75, 3.05) is 19.6 Å². The molecule has 22 heavy (non-hydrogen) atoms. The molecule has 2 atom stereocenters. The maximum Gasteiger partial charge on any atom is 0.325 e. The van der Waals surface area contributed by atoms with Crippen molar-refractivity contribution < 1.29 is 14.1 Å². The van der Waals surface area contributed by atoms with Crippen LogP contribution < -0.4 is 5.32 Å². The first-order chi connectivity index (χ1) is 10.5. The molecule has 1 aromatic rings. The molecule has 1 aromatic heterocycles. The summed E-state index contributed by atoms with van der Waals surface area (Å²) in [5, 5.41) is 6.85. The van der Waals surface area contributed by atoms with E-state index in [1.165, 1.54) is 4.90 Å². The standard InChI is InChI=1S/C15H22N4O3/c1-3-19-13(20)15(2,16-14(19)21)11-5-4-7-18(9-11)10-12-6-8-22-17-12/h6,8,11H,3-5,7,9-10H2,1-2H3,(H,16,21)/t11-,15-/m0/s1. The second-order valence-electron chi connectivity index (χ2n) is 6.25. The number of hydrogen-bond donors (Lipinski definition) is 1. The zero-order valence-corrected chi connectivity index (χ0v) is 13.0. The van der Waals surface area contributed by atoms with Gasteiger partial charge in [0.1, 0.15) is 11.8 Å². The summed E-state index contributed by atoms with van der Waals surface area (Å²) in [7, 11) is 0. The van der Waals surface area contributed by atoms with Crippen LogP contribution in [0.5, 0.6) is 0 Å². The molecule has 1 N–H and O–H groups in total. The van der Waals surface area contributed by atoms with Gasteiger partial charge in [-0.05, 0) is 33.2 Å². The molecule has 7 nitrogen and oxygen atoms in total. The van der Waals surface area contributed by atoms with Crippen molar-refractivity contribution in [3.63, 3.8) is 0 Å². The Kier molecular flexibility index (Phi) is 3.90. The molecule has 120 valence electrons. The maximum absolute atomic E-state index is 12.6. The molecule has 2 aliphatic rings. The Morgan fingerprint density at radius 1 is 1.50 bits per heavy atom. The molecule has 0 aliphatic carbocycles. The van der Waals surface area contributed by atoms with Gasteiger partial charge >= 0.3 is 6.03 Å². The molecule has 3 rings (SSSR count). The van der Waals surface area contributed by atoms with Gasteiger partial charge in [0.15, 0.2) is 0 Å². The highest BCUT2D eigenvalue weighted by atomic mass is 16.5. The number of amides is 3. The third kappa shape index (κ3) is 2.49. The Labute approximate surface area is 129 Å². The minimum absolute atomic E-state index is 0.103. The number of hydrogen-bond acceptors (Lipinski definition) is 5. The number of nitrogens with zero attached hydrogens (tertiary/aromatic N) is 3. The minimum atomic E-state index is -0.796. The number of imide groups is 1. The largest absolute Gasteiger partial charge is 0.364 e. The lowest BCUT2D eigenvalue weighted by Gasteiger charge is -2.39. The molecule has 0 unspecified atom stereocenters. The fraction of sp³-hybridized carbons (Fsp3) is 0.667. The predicted molar refractivity (Wildman–Crippen MR) is 78.8 cm³/mol. The summed E-state index contributed by atoms with van der Waals surface area (Å²) >= 11 is 0. The van der Waals surface area contributed by atoms with Gasteiger partial charge in [-0.25, -0.2) is 4.79 Å². The number of rotatable bonds is 4. The van der Waals surface area contributed by atoms with Crippen LogP contribution in [0.1, 0.15) is 32.4 Å². The minimum Gasteiger partial charge on any atom is -0.364 e. The first-order valence-electron chi connectivity index (χ1n) is 7.80. The van der Waals surface area contributed by atoms with Crippen LogP contribution in [-0.2, 0) is 11.3 Å². The van der Waals surface area contributed by atoms with Crippen molar-refractivity contribution in [2.24, 2.45) is 5.92 Å². The molecular formula is C15H22N4O3. The summed E-state index contributed by atoms with van der Waals surface area (Å²) in [5.41, 5.74) is 0.0954. The van der Waals surface area contributed by atoms with Gasteiger partial charge in [0.05, 0.1) is 5.69 Å². The van der Waals surface area contributed by atoms with Crippen molar-refractivity contribution in [1.82, 2.24) is 20.3 Å². The lowest BCUT2D eigenvalue weighted by atomic mass is 9.80. The van der Waals surface area contributed by atoms with Crippen LogP contribution in [0.4, 0.5) is 4.79 Å². The molecule has 0 radical (unpaired) electrons. The van der Waals surface area contributed by atoms with E-state index >= 15 is 0 Å². The summed E-state index contributed by atoms with van der Waals surface area (Å²) in [5.74, 6) is 0.00874. The van der Waals surface area contributed by atoms with E-state index in [4.69, 9.17) is 4.52 Å². The fourth-order valence-electron chi connectivity index (χ4n) is 3.50. The highest BCUT2D eigenvalue weighted by Gasteiger charge is 2.52. The smallest absolute Gasteiger partial charge is 0.325 e. The van der Waals surface area contributed by atoms with Gasteiger partial charge in [0, 0.05) is 31.6 Å². The first-order valence-corrected chi connectivity index (χ1v) is 7.80. The Morgan fingerprint density at radius 3 is 2.95 bits per heavy atom. The zero-order chi connectivity index (χ0) is 15.7. The van der Waals surface area contributed by atoms with Gasteiger partial charge in [-0.15, -0.1) is 0 Å². The summed E-state index contributed by atoms with van der Waals surface area (Å²) in [6.07, 6.45) is 3.51. The van der Waals surface area contributed by atoms with Crippen molar-refractivity contribution in [3.8, 4) is 0 Å². The lowest BCUT2D eigenvalue weighted by molar-refractivity contribution is -0.133. The van der Waals surface area contributed by atoms with Crippen molar-refractivity contribution >= 4 is 11.9 Å². The Morgan fingerprint density at radius 2 is 2.32 bits per heavy atom. The molecule has 0 saturated carbocycles. The molecule has 0 bridgehead atoms. The summed E-state index contributed by atoms with van der Waals surface area (Å²) < 4.78 is 4.87. The van der Waals surface area contributed by atoms with E-state index in [2.05, 4.69) is 15.4 Å². The number of piperidine rings is 1. The molecule has 7 heteroatoms. The van der Waals surface area contributed by atoms with Crippen LogP contribution in [0.2, 0.25) is 0 Å². The van der Waals surface area contributed by atoms with Crippen LogP contribution in [0, 0.1) is 5.92 Å². The third-order valence-electron chi connectivity index (χ3n) is 4.82. The zero-order valence-electron chi connectivity index (χ0n) is 13.0. The van der Waals surface area contributed by atoms with Crippen LogP contribution in [-0.4, -0.2) is 52.1 Å². The van der Waals surface area contributed by atoms with Crippen molar-refractivity contribution in [1.29, 1.82) is 0 Å². The van der Waals surface area contributed by atoms with E-state index < -0.39 is 5.54 Å². The maximum atomic E-state index is 12.6. The number of urea groups is 1. The molecule has 2 aliphatic heterocycles. The van der Waals surface area contributed by atoms with Gasteiger partial charge < -0.3 is 9.84 Å². The normalized spacial score (nSPS) is 29.9. The second kappa shape index (κ2) is 5.72. The molecule has 2 fully saturated rings. The highest BCUT2D eigenvalue weighted by Crippen LogP contribution is 2.32. The van der Waals surface area contributed by atoms with Gasteiger partial charge in [-0.3, -0.25) is 14.6 Å². The molecule has 3 amide bonds. The van der Waals surface area contributed by atoms with E-state index in [1.807, 2.05) is 19.9 Å². The Bertz CT molecular complexity index is 559. The second-order valence-corrected chi connectivity index (χ2v) is 6.25. The predicted octanol–water partition coefficient (Wildman–Crippen LogP) is 1.22. The summed E-state index contributed by atoms with van der Waals surface area (Å²) in [6.45, 7) is 6.54. The number of aromatic nitrogens is 1. The van der Waals surface area contributed by atoms with E-state index in [1.54, 1.807) is 6.26 Å². The number of likely N-dealkylation sites (tertiary alicyclic amines) is 1. The van der Waals surface area contributed by atoms with Crippen molar-refractivity contribution in [2.45, 2.75) is 38.8 Å². The van der Waals surface area contributed by atoms with E-state index in [0.29, 0.717) is 13.1 Å². The third-order valence-corrected chi connectivity index (χ3v) is 4.82. The molecule has 3 heterocycles. The number of likely N-dealkylation sites (N-methyl/N-ethyl adjacent to an activating group) is 1. The van der Waals surface area contributed by atoms with E-state index in [-0.39, 0.29) is 17.9 Å². The summed E-state index contributed by atoms with van der Waals surface area (Å²) in [4.78, 5) is 28.1. The van der Waals surface area contributed by atoms with Crippen LogP contribution in [0.3, 0.4) is 0 Å². The van der Waals surface area contributed by atoms with Gasteiger partial charge in [-0.2, -0.15) is 0 Å². The molecule has 0 aromatic carbocycles. The highest BCUT2D eigenvalue weighted by molar-refractivity contribution is 6.07. The molecule has 2 saturated heterocycles. The fourth-order valence-corrected chi connectivity index (χ4v) is 3.50. The number of carbonyl (C=O) groups excluding carboxylic acids is 2. The number of nitrogens with one attached hydrogen (secondary N) is 1. The van der Waals surface area contributed by atoms with Crippen molar-refractivity contribution in [3.05, 3.63) is 18.0 Å². The topological polar surface area (TPSA) is 78.7 Å². The van der Waals surface area contributed by atoms with E-state index in [0.717, 1.165) is 31.6 Å². The average Bonchev–Trinajstić information content (AvgIpc) is 3.07. The van der Waals surface area contributed by atoms with Crippen LogP contribution in [0.15, 0.2) is 16.9 Å². The number of carbonyl (C=O) groups is 2. The van der Waals surface area contributed by atoms with E-state index in [9.17, 15) is 9.59 Å². The quantitative estimate of drug-likeness (QED) is 0.846. The lowest BCUT2D eigenvalue weighted by Crippen LogP contribution is -2.55. The Hall–Kier alpha value is -1.89. The van der Waals surface area contributed by atoms with Gasteiger partial charge in [-0.1, -0.05) is 5.16 Å². The first kappa shape index (κ1) is 15.0. The van der Waals surface area contributed by atoms with Gasteiger partial charge in [0.2, 0.25) is 0 Å². The molecule has 0 spiro atoms. The monoisotopic (exact) mass is 306 g/mol. The van der Waals surface area contributed by atoms with Gasteiger partial charge in [0.25, 0.3) is 5.91 Å². The average molecular weight is 306 g/mol. The summed E-state index contributed by atoms with van der Waals surface area (Å²) in [6, 6.07) is 1.58. The van der Waals surface area contributed by atoms with Crippen LogP contribution in [0.25, 0.3) is 0 Å². The SMILES string of the molecule is CCN1C(=O)N[C@@](C)([C@H]2CCCN(Cc3ccon3)C2)C1=O. The van der Waals surface area contributed by atoms with Crippen LogP contribution >= 0.6 is 0 Å².